The fourth-order valence-corrected chi connectivity index (χ4v) is 4.42. The number of carboxylic acid groups (broad SMARTS) is 1. The maximum Gasteiger partial charge on any atom is 0.339 e. The fourth-order valence-electron chi connectivity index (χ4n) is 2.31. The molecule has 140 valence electrons. The second-order valence-electron chi connectivity index (χ2n) is 5.57. The number of hydrogen-bond acceptors (Lipinski definition) is 6. The van der Waals surface area contributed by atoms with E-state index in [9.17, 15) is 26.7 Å². The molecule has 5 N–H and O–H groups in total. The van der Waals surface area contributed by atoms with Gasteiger partial charge in [0.15, 0.2) is 0 Å². The first kappa shape index (κ1) is 19.7. The summed E-state index contributed by atoms with van der Waals surface area (Å²) in [4.78, 5) is 10.5. The van der Waals surface area contributed by atoms with E-state index in [0.29, 0.717) is 5.56 Å². The average Bonchev–Trinajstić information content (AvgIpc) is 2.47. The van der Waals surface area contributed by atoms with Gasteiger partial charge in [0.1, 0.15) is 11.3 Å². The van der Waals surface area contributed by atoms with Crippen LogP contribution in [0.2, 0.25) is 0 Å². The molecular weight excluding hydrogens is 384 g/mol. The van der Waals surface area contributed by atoms with Gasteiger partial charge in [-0.15, -0.1) is 0 Å². The number of sulfonamides is 2. The molecule has 0 amide bonds. The van der Waals surface area contributed by atoms with Gasteiger partial charge in [0.05, 0.1) is 15.5 Å². The van der Waals surface area contributed by atoms with Crippen molar-refractivity contribution in [3.8, 4) is 5.75 Å². The molecule has 0 aliphatic rings. The van der Waals surface area contributed by atoms with Crippen molar-refractivity contribution in [3.05, 3.63) is 47.0 Å². The van der Waals surface area contributed by atoms with Crippen LogP contribution in [-0.2, 0) is 20.0 Å². The van der Waals surface area contributed by atoms with E-state index in [4.69, 9.17) is 10.2 Å². The second-order valence-corrected chi connectivity index (χ2v) is 8.75. The first-order valence-corrected chi connectivity index (χ1v) is 10.1. The van der Waals surface area contributed by atoms with Crippen molar-refractivity contribution in [1.29, 1.82) is 0 Å². The summed E-state index contributed by atoms with van der Waals surface area (Å²) in [5.41, 5.74) is -0.197. The van der Waals surface area contributed by atoms with Gasteiger partial charge in [-0.3, -0.25) is 4.72 Å². The van der Waals surface area contributed by atoms with E-state index < -0.39 is 37.3 Å². The third-order valence-electron chi connectivity index (χ3n) is 3.56. The number of aromatic hydroxyl groups is 1. The van der Waals surface area contributed by atoms with Crippen LogP contribution in [0.1, 0.15) is 21.5 Å². The quantitative estimate of drug-likeness (QED) is 0.584. The molecule has 0 saturated heterocycles. The van der Waals surface area contributed by atoms with Crippen LogP contribution in [0.25, 0.3) is 0 Å². The lowest BCUT2D eigenvalue weighted by Gasteiger charge is -2.13. The van der Waals surface area contributed by atoms with Gasteiger partial charge in [-0.1, -0.05) is 6.07 Å². The van der Waals surface area contributed by atoms with Gasteiger partial charge in [0.2, 0.25) is 10.0 Å². The number of nitrogens with two attached hydrogens (primary N) is 1. The molecule has 0 spiro atoms. The minimum Gasteiger partial charge on any atom is -0.507 e. The minimum absolute atomic E-state index is 0.0658. The molecule has 0 atom stereocenters. The highest BCUT2D eigenvalue weighted by Gasteiger charge is 2.23. The number of rotatable bonds is 5. The molecule has 0 unspecified atom stereocenters. The van der Waals surface area contributed by atoms with Gasteiger partial charge < -0.3 is 10.2 Å². The largest absolute Gasteiger partial charge is 0.507 e. The second kappa shape index (κ2) is 6.59. The Bertz CT molecular complexity index is 1110. The van der Waals surface area contributed by atoms with Crippen LogP contribution < -0.4 is 9.86 Å². The summed E-state index contributed by atoms with van der Waals surface area (Å²) in [6, 6.07) is 5.63. The van der Waals surface area contributed by atoms with Crippen LogP contribution in [0.3, 0.4) is 0 Å². The SMILES string of the molecule is Cc1ccc(NS(=O)(=O)c2cc(C(=O)O)c(O)cc2C)cc1S(N)(=O)=O. The van der Waals surface area contributed by atoms with Gasteiger partial charge in [-0.25, -0.2) is 26.8 Å². The lowest BCUT2D eigenvalue weighted by molar-refractivity contribution is 0.0693. The third-order valence-corrected chi connectivity index (χ3v) is 6.14. The monoisotopic (exact) mass is 400 g/mol. The summed E-state index contributed by atoms with van der Waals surface area (Å²) >= 11 is 0. The van der Waals surface area contributed by atoms with Crippen molar-refractivity contribution in [1.82, 2.24) is 0 Å². The summed E-state index contributed by atoms with van der Waals surface area (Å²) in [6.45, 7) is 2.88. The maximum atomic E-state index is 12.6. The van der Waals surface area contributed by atoms with Crippen molar-refractivity contribution in [2.24, 2.45) is 5.14 Å². The van der Waals surface area contributed by atoms with Gasteiger partial charge >= 0.3 is 5.97 Å². The lowest BCUT2D eigenvalue weighted by atomic mass is 10.1. The highest BCUT2D eigenvalue weighted by molar-refractivity contribution is 7.92. The molecule has 0 aliphatic carbocycles. The molecule has 0 saturated carbocycles. The average molecular weight is 400 g/mol. The summed E-state index contributed by atoms with van der Waals surface area (Å²) in [6.07, 6.45) is 0. The topological polar surface area (TPSA) is 164 Å². The smallest absolute Gasteiger partial charge is 0.339 e. The van der Waals surface area contributed by atoms with Crippen LogP contribution in [-0.4, -0.2) is 33.0 Å². The van der Waals surface area contributed by atoms with E-state index in [-0.39, 0.29) is 21.0 Å². The van der Waals surface area contributed by atoms with Crippen molar-refractivity contribution in [2.75, 3.05) is 4.72 Å². The molecule has 0 heterocycles. The Labute approximate surface area is 150 Å². The zero-order valence-corrected chi connectivity index (χ0v) is 15.3. The van der Waals surface area contributed by atoms with E-state index >= 15 is 0 Å². The summed E-state index contributed by atoms with van der Waals surface area (Å²) in [7, 11) is -8.31. The zero-order chi connectivity index (χ0) is 19.9. The molecule has 26 heavy (non-hydrogen) atoms. The summed E-state index contributed by atoms with van der Waals surface area (Å²) in [5, 5.41) is 23.8. The zero-order valence-electron chi connectivity index (χ0n) is 13.7. The van der Waals surface area contributed by atoms with E-state index in [1.165, 1.54) is 26.0 Å². The van der Waals surface area contributed by atoms with Crippen LogP contribution in [0.5, 0.6) is 5.75 Å². The Balaban J connectivity index is 2.54. The number of benzene rings is 2. The fraction of sp³-hybridized carbons (Fsp3) is 0.133. The summed E-state index contributed by atoms with van der Waals surface area (Å²) in [5.74, 6) is -2.06. The molecule has 11 heteroatoms. The number of phenols is 1. The molecular formula is C15H16N2O7S2. The predicted octanol–water partition coefficient (Wildman–Crippen LogP) is 1.16. The number of hydrogen-bond donors (Lipinski definition) is 4. The standard InChI is InChI=1S/C15H16N2O7S2/c1-8-3-4-10(6-13(8)25(16,21)22)17-26(23,24)14-7-11(15(19)20)12(18)5-9(14)2/h3-7,17-18H,1-2H3,(H,19,20)(H2,16,21,22). The Morgan fingerprint density at radius 3 is 2.15 bits per heavy atom. The number of carboxylic acids is 1. The number of anilines is 1. The van der Waals surface area contributed by atoms with E-state index in [2.05, 4.69) is 4.72 Å². The van der Waals surface area contributed by atoms with Crippen molar-refractivity contribution in [3.63, 3.8) is 0 Å². The molecule has 0 aliphatic heterocycles. The van der Waals surface area contributed by atoms with Gasteiger partial charge in [-0.05, 0) is 49.2 Å². The van der Waals surface area contributed by atoms with E-state index in [0.717, 1.165) is 18.2 Å². The predicted molar refractivity (Wildman–Crippen MR) is 93.2 cm³/mol. The maximum absolute atomic E-state index is 12.6. The molecule has 0 fully saturated rings. The first-order chi connectivity index (χ1) is 11.8. The molecule has 0 aromatic heterocycles. The van der Waals surface area contributed by atoms with Crippen molar-refractivity contribution >= 4 is 31.7 Å². The van der Waals surface area contributed by atoms with E-state index in [1.54, 1.807) is 0 Å². The molecule has 0 bridgehead atoms. The Morgan fingerprint density at radius 1 is 1.00 bits per heavy atom. The van der Waals surface area contributed by atoms with Gasteiger partial charge in [0, 0.05) is 0 Å². The number of primary sulfonamides is 1. The van der Waals surface area contributed by atoms with Gasteiger partial charge in [-0.2, -0.15) is 0 Å². The van der Waals surface area contributed by atoms with E-state index in [1.807, 2.05) is 0 Å². The minimum atomic E-state index is -4.25. The number of carbonyl (C=O) groups is 1. The number of aromatic carboxylic acids is 1. The Kier molecular flexibility index (Phi) is 4.99. The highest BCUT2D eigenvalue weighted by atomic mass is 32.2. The molecule has 2 aromatic rings. The Morgan fingerprint density at radius 2 is 1.62 bits per heavy atom. The van der Waals surface area contributed by atoms with Gasteiger partial charge in [0.25, 0.3) is 10.0 Å². The highest BCUT2D eigenvalue weighted by Crippen LogP contribution is 2.28. The van der Waals surface area contributed by atoms with Crippen LogP contribution in [0.4, 0.5) is 5.69 Å². The normalized spacial score (nSPS) is 12.0. The first-order valence-electron chi connectivity index (χ1n) is 7.06. The third kappa shape index (κ3) is 3.95. The van der Waals surface area contributed by atoms with Crippen LogP contribution in [0.15, 0.2) is 40.1 Å². The molecule has 2 aromatic carbocycles. The molecule has 0 radical (unpaired) electrons. The lowest BCUT2D eigenvalue weighted by Crippen LogP contribution is -2.17. The van der Waals surface area contributed by atoms with Crippen molar-refractivity contribution < 1.29 is 31.8 Å². The van der Waals surface area contributed by atoms with Crippen LogP contribution in [0, 0.1) is 13.8 Å². The van der Waals surface area contributed by atoms with Crippen molar-refractivity contribution in [2.45, 2.75) is 23.6 Å². The molecule has 2 rings (SSSR count). The summed E-state index contributed by atoms with van der Waals surface area (Å²) < 4.78 is 50.5. The number of aryl methyl sites for hydroxylation is 2. The van der Waals surface area contributed by atoms with Crippen LogP contribution >= 0.6 is 0 Å². The number of nitrogens with one attached hydrogen (secondary N) is 1. The Hall–Kier alpha value is -2.63. The molecule has 9 nitrogen and oxygen atoms in total.